The average molecular weight is 1250 g/mol. The van der Waals surface area contributed by atoms with E-state index in [1.807, 2.05) is 0 Å². The van der Waals surface area contributed by atoms with Crippen LogP contribution in [0.25, 0.3) is 6.08 Å². The minimum atomic E-state index is -1.97. The summed E-state index contributed by atoms with van der Waals surface area (Å²) in [6.07, 6.45) is -25.0. The second-order valence-corrected chi connectivity index (χ2v) is 28.3. The van der Waals surface area contributed by atoms with Crippen LogP contribution in [0, 0.1) is 50.2 Å². The zero-order valence-electron chi connectivity index (χ0n) is 50.5. The molecule has 4 heterocycles. The number of benzene rings is 1. The molecule has 0 bridgehead atoms. The van der Waals surface area contributed by atoms with Crippen molar-refractivity contribution in [2.24, 2.45) is 50.2 Å². The number of esters is 2. The minimum Gasteiger partial charge on any atom is -0.479 e. The Kier molecular flexibility index (Phi) is 19.0. The van der Waals surface area contributed by atoms with Crippen molar-refractivity contribution >= 4 is 24.0 Å². The molecular weight excluding hydrogens is 1160 g/mol. The number of fused-ring (bicyclic) bond motifs is 7. The summed E-state index contributed by atoms with van der Waals surface area (Å²) in [7, 11) is 0. The van der Waals surface area contributed by atoms with E-state index in [0.717, 1.165) is 24.5 Å². The number of carbonyl (C=O) groups excluding carboxylic acids is 2. The van der Waals surface area contributed by atoms with Gasteiger partial charge in [0.1, 0.15) is 90.5 Å². The molecule has 88 heavy (non-hydrogen) atoms. The van der Waals surface area contributed by atoms with Crippen molar-refractivity contribution < 1.29 is 129 Å². The first-order chi connectivity index (χ1) is 41.3. The molecule has 9 aliphatic rings. The molecule has 26 nitrogen and oxygen atoms in total. The van der Waals surface area contributed by atoms with E-state index in [1.54, 1.807) is 0 Å². The molecule has 28 unspecified atom stereocenters. The van der Waals surface area contributed by atoms with E-state index in [0.29, 0.717) is 37.7 Å². The minimum absolute atomic E-state index is 0.0423. The van der Waals surface area contributed by atoms with Gasteiger partial charge in [0, 0.05) is 6.08 Å². The molecule has 5 aliphatic carbocycles. The van der Waals surface area contributed by atoms with Gasteiger partial charge in [-0.1, -0.05) is 72.2 Å². The highest BCUT2D eigenvalue weighted by atomic mass is 16.8. The van der Waals surface area contributed by atoms with Gasteiger partial charge in [0.2, 0.25) is 12.6 Å². The Morgan fingerprint density at radius 2 is 1.23 bits per heavy atom. The first kappa shape index (κ1) is 67.1. The molecule has 10 rings (SSSR count). The van der Waals surface area contributed by atoms with E-state index < -0.39 is 194 Å². The Hall–Kier alpha value is -3.85. The van der Waals surface area contributed by atoms with Crippen molar-refractivity contribution in [3.05, 3.63) is 47.6 Å². The fourth-order valence-corrected chi connectivity index (χ4v) is 17.2. The zero-order valence-corrected chi connectivity index (χ0v) is 50.5. The van der Waals surface area contributed by atoms with Gasteiger partial charge in [0.05, 0.1) is 32.0 Å². The molecule has 4 saturated carbocycles. The topological polar surface area (TPSA) is 418 Å². The standard InChI is InChI=1S/C62H90O26/c1-57(2)20-21-62(30(22-57)29-13-14-35-59(5)18-17-37(84-54-47(76)43(72)44(73)49(87-54)51(77)78)58(3,4)34(59)16-19-60(35,6)61(29,7)23-36(62)66)56(79)88-55-50(48(31(65)26-80-55)86-53-46(75)42(71)40(69)33(25-64)83-53)85-38(67)15-10-27-8-11-28(12-9-27)81-52-45(74)41(70)39(68)32(24-63)82-52/h8-13,15,30-37,39-50,52-55,63-66,68-76H,14,16-26H2,1-7H3,(H,77,78)/b15-10+. The molecule has 0 spiro atoms. The van der Waals surface area contributed by atoms with Crippen LogP contribution in [0.4, 0.5) is 0 Å². The Labute approximate surface area is 509 Å². The fourth-order valence-electron chi connectivity index (χ4n) is 17.2. The zero-order chi connectivity index (χ0) is 64.1. The van der Waals surface area contributed by atoms with Crippen LogP contribution in [0.3, 0.4) is 0 Å². The largest absolute Gasteiger partial charge is 0.479 e. The van der Waals surface area contributed by atoms with Gasteiger partial charge in [0.25, 0.3) is 0 Å². The number of hydrogen-bond donors (Lipinski definition) is 14. The first-order valence-corrected chi connectivity index (χ1v) is 30.7. The van der Waals surface area contributed by atoms with E-state index in [9.17, 15) is 81.1 Å². The highest BCUT2D eigenvalue weighted by Gasteiger charge is 2.72. The number of aliphatic carboxylic acids is 1. The van der Waals surface area contributed by atoms with E-state index in [-0.39, 0.29) is 41.3 Å². The van der Waals surface area contributed by atoms with E-state index in [2.05, 4.69) is 54.5 Å². The Morgan fingerprint density at radius 1 is 0.625 bits per heavy atom. The quantitative estimate of drug-likeness (QED) is 0.0473. The molecule has 0 radical (unpaired) electrons. The van der Waals surface area contributed by atoms with Crippen LogP contribution < -0.4 is 4.74 Å². The van der Waals surface area contributed by atoms with Crippen molar-refractivity contribution in [1.29, 1.82) is 0 Å². The van der Waals surface area contributed by atoms with Crippen LogP contribution in [0.15, 0.2) is 42.0 Å². The smallest absolute Gasteiger partial charge is 0.335 e. The third-order valence-corrected chi connectivity index (χ3v) is 22.5. The van der Waals surface area contributed by atoms with Crippen molar-refractivity contribution in [3.8, 4) is 5.75 Å². The maximum atomic E-state index is 15.7. The van der Waals surface area contributed by atoms with Crippen molar-refractivity contribution in [2.75, 3.05) is 19.8 Å². The lowest BCUT2D eigenvalue weighted by atomic mass is 9.33. The molecule has 0 aromatic heterocycles. The predicted molar refractivity (Wildman–Crippen MR) is 300 cm³/mol. The van der Waals surface area contributed by atoms with Crippen LogP contribution in [0.1, 0.15) is 112 Å². The SMILES string of the molecule is CC1(C)CCC2(C(=O)OC3OCC(O)C(OC4OC(CO)C(O)C(O)C4O)C3OC(=O)/C=C/c3ccc(OC4OC(CO)C(O)C(O)C4O)cc3)C(O)CC3(C)C(=CCC4C5(C)CCC(OC6OC(C(=O)O)C(O)C(O)C6O)C(C)(C)C5CCC43C)C2C1. The monoisotopic (exact) mass is 1250 g/mol. The highest BCUT2D eigenvalue weighted by molar-refractivity contribution is 5.87. The summed E-state index contributed by atoms with van der Waals surface area (Å²) < 4.78 is 53.3. The number of carboxylic acids is 1. The second kappa shape index (κ2) is 24.9. The predicted octanol–water partition coefficient (Wildman–Crippen LogP) is -0.714. The lowest BCUT2D eigenvalue weighted by Crippen LogP contribution is -2.68. The lowest BCUT2D eigenvalue weighted by Gasteiger charge is -2.71. The van der Waals surface area contributed by atoms with Gasteiger partial charge in [-0.3, -0.25) is 4.79 Å². The molecular formula is C62H90O26. The molecule has 4 aliphatic heterocycles. The molecule has 8 fully saturated rings. The number of rotatable bonds is 14. The fraction of sp³-hybridized carbons (Fsp3) is 0.790. The van der Waals surface area contributed by atoms with Crippen molar-refractivity contribution in [1.82, 2.24) is 0 Å². The molecule has 28 atom stereocenters. The van der Waals surface area contributed by atoms with Crippen molar-refractivity contribution in [2.45, 2.75) is 235 Å². The Bertz CT molecular complexity index is 2740. The van der Waals surface area contributed by atoms with Gasteiger partial charge in [-0.15, -0.1) is 0 Å². The van der Waals surface area contributed by atoms with Gasteiger partial charge >= 0.3 is 17.9 Å². The second-order valence-electron chi connectivity index (χ2n) is 28.3. The van der Waals surface area contributed by atoms with Crippen LogP contribution in [0.2, 0.25) is 0 Å². The average Bonchev–Trinajstić information content (AvgIpc) is 0.678. The first-order valence-electron chi connectivity index (χ1n) is 30.7. The molecule has 26 heteroatoms. The summed E-state index contributed by atoms with van der Waals surface area (Å²) in [5, 5.41) is 149. The maximum Gasteiger partial charge on any atom is 0.335 e. The normalized spacial score (nSPS) is 48.1. The number of aliphatic hydroxyl groups excluding tert-OH is 13. The number of carbonyl (C=O) groups is 3. The number of aliphatic hydroxyl groups is 13. The lowest BCUT2D eigenvalue weighted by molar-refractivity contribution is -0.347. The Balaban J connectivity index is 0.908. The Morgan fingerprint density at radius 3 is 1.85 bits per heavy atom. The van der Waals surface area contributed by atoms with Crippen LogP contribution in [-0.4, -0.2) is 238 Å². The summed E-state index contributed by atoms with van der Waals surface area (Å²) in [6, 6.07) is 5.91. The number of hydrogen-bond acceptors (Lipinski definition) is 25. The number of allylic oxidation sites excluding steroid dienone is 2. The molecule has 14 N–H and O–H groups in total. The summed E-state index contributed by atoms with van der Waals surface area (Å²) in [5.41, 5.74) is -2.43. The van der Waals surface area contributed by atoms with Gasteiger partial charge in [-0.05, 0) is 126 Å². The van der Waals surface area contributed by atoms with E-state index in [1.165, 1.54) is 30.3 Å². The highest BCUT2D eigenvalue weighted by Crippen LogP contribution is 2.76. The number of carboxylic acid groups (broad SMARTS) is 1. The molecule has 4 saturated heterocycles. The van der Waals surface area contributed by atoms with Gasteiger partial charge in [-0.2, -0.15) is 0 Å². The summed E-state index contributed by atoms with van der Waals surface area (Å²) in [4.78, 5) is 41.7. The van der Waals surface area contributed by atoms with Crippen LogP contribution in [-0.2, 0) is 52.3 Å². The number of ether oxygens (including phenoxy) is 9. The van der Waals surface area contributed by atoms with Crippen LogP contribution >= 0.6 is 0 Å². The van der Waals surface area contributed by atoms with Crippen molar-refractivity contribution in [3.63, 3.8) is 0 Å². The van der Waals surface area contributed by atoms with E-state index in [4.69, 9.17) is 42.6 Å². The van der Waals surface area contributed by atoms with Gasteiger partial charge in [-0.25, -0.2) is 9.59 Å². The summed E-state index contributed by atoms with van der Waals surface area (Å²) in [6.45, 7) is 13.1. The molecule has 1 aromatic rings. The third kappa shape index (κ3) is 11.5. The maximum absolute atomic E-state index is 15.7. The van der Waals surface area contributed by atoms with E-state index >= 15 is 4.79 Å². The summed E-state index contributed by atoms with van der Waals surface area (Å²) in [5.74, 6) is -3.77. The molecule has 0 amide bonds. The van der Waals surface area contributed by atoms with Gasteiger partial charge < -0.3 is 114 Å². The molecule has 494 valence electrons. The van der Waals surface area contributed by atoms with Crippen LogP contribution in [0.5, 0.6) is 5.75 Å². The molecule has 1 aromatic carbocycles. The summed E-state index contributed by atoms with van der Waals surface area (Å²) >= 11 is 0. The third-order valence-electron chi connectivity index (χ3n) is 22.5. The van der Waals surface area contributed by atoms with Gasteiger partial charge in [0.15, 0.2) is 24.8 Å².